The molecule has 0 spiro atoms. The Morgan fingerprint density at radius 2 is 2.05 bits per heavy atom. The van der Waals surface area contributed by atoms with Gasteiger partial charge in [-0.15, -0.1) is 0 Å². The maximum absolute atomic E-state index is 5.57. The van der Waals surface area contributed by atoms with Gasteiger partial charge in [-0.1, -0.05) is 0 Å². The zero-order valence-corrected chi connectivity index (χ0v) is 12.5. The second kappa shape index (κ2) is 6.87. The summed E-state index contributed by atoms with van der Waals surface area (Å²) in [5.74, 6) is 1.05. The van der Waals surface area contributed by atoms with Crippen molar-refractivity contribution in [3.05, 3.63) is 24.7 Å². The Balaban J connectivity index is 1.66. The number of nitrogens with two attached hydrogens (primary N) is 1. The SMILES string of the molecule is NCCCCN1CCCN(c2nccn3nccc23)CC1. The molecule has 3 heterocycles. The van der Waals surface area contributed by atoms with Crippen LogP contribution in [-0.2, 0) is 0 Å². The largest absolute Gasteiger partial charge is 0.353 e. The fraction of sp³-hybridized carbons (Fsp3) is 0.600. The fourth-order valence-corrected chi connectivity index (χ4v) is 2.97. The quantitative estimate of drug-likeness (QED) is 0.831. The second-order valence-corrected chi connectivity index (χ2v) is 5.59. The molecule has 2 aromatic heterocycles. The van der Waals surface area contributed by atoms with E-state index >= 15 is 0 Å². The Labute approximate surface area is 125 Å². The lowest BCUT2D eigenvalue weighted by Gasteiger charge is -2.23. The molecule has 0 unspecified atom stereocenters. The Morgan fingerprint density at radius 3 is 2.95 bits per heavy atom. The average molecular weight is 288 g/mol. The summed E-state index contributed by atoms with van der Waals surface area (Å²) in [5.41, 5.74) is 6.66. The summed E-state index contributed by atoms with van der Waals surface area (Å²) in [5, 5.41) is 4.29. The van der Waals surface area contributed by atoms with Crippen LogP contribution in [0.1, 0.15) is 19.3 Å². The van der Waals surface area contributed by atoms with E-state index in [2.05, 4.69) is 19.9 Å². The van der Waals surface area contributed by atoms with Crippen LogP contribution >= 0.6 is 0 Å². The summed E-state index contributed by atoms with van der Waals surface area (Å²) in [7, 11) is 0. The Kier molecular flexibility index (Phi) is 4.67. The number of fused-ring (bicyclic) bond motifs is 1. The molecular weight excluding hydrogens is 264 g/mol. The van der Waals surface area contributed by atoms with Gasteiger partial charge in [-0.05, 0) is 45.0 Å². The predicted octanol–water partition coefficient (Wildman–Crippen LogP) is 0.980. The molecule has 6 nitrogen and oxygen atoms in total. The molecule has 3 rings (SSSR count). The van der Waals surface area contributed by atoms with E-state index in [1.165, 1.54) is 19.4 Å². The molecule has 6 heteroatoms. The van der Waals surface area contributed by atoms with E-state index in [0.29, 0.717) is 0 Å². The number of rotatable bonds is 5. The predicted molar refractivity (Wildman–Crippen MR) is 84.5 cm³/mol. The number of aromatic nitrogens is 3. The molecule has 0 radical (unpaired) electrons. The van der Waals surface area contributed by atoms with Crippen LogP contribution in [0.3, 0.4) is 0 Å². The molecule has 114 valence electrons. The molecule has 2 aromatic rings. The minimum atomic E-state index is 0.799. The number of hydrogen-bond donors (Lipinski definition) is 1. The van der Waals surface area contributed by atoms with Crippen molar-refractivity contribution in [2.24, 2.45) is 5.73 Å². The van der Waals surface area contributed by atoms with Crippen molar-refractivity contribution in [1.82, 2.24) is 19.5 Å². The first kappa shape index (κ1) is 14.3. The van der Waals surface area contributed by atoms with E-state index < -0.39 is 0 Å². The maximum atomic E-state index is 5.57. The summed E-state index contributed by atoms with van der Waals surface area (Å²) < 4.78 is 1.90. The number of unbranched alkanes of at least 4 members (excludes halogenated alkanes) is 1. The zero-order valence-electron chi connectivity index (χ0n) is 12.5. The highest BCUT2D eigenvalue weighted by molar-refractivity contribution is 5.68. The third kappa shape index (κ3) is 3.33. The van der Waals surface area contributed by atoms with Crippen LogP contribution in [0.5, 0.6) is 0 Å². The van der Waals surface area contributed by atoms with Crippen molar-refractivity contribution in [1.29, 1.82) is 0 Å². The smallest absolute Gasteiger partial charge is 0.154 e. The van der Waals surface area contributed by atoms with E-state index in [9.17, 15) is 0 Å². The first-order chi connectivity index (χ1) is 10.4. The first-order valence-corrected chi connectivity index (χ1v) is 7.84. The van der Waals surface area contributed by atoms with Gasteiger partial charge < -0.3 is 15.5 Å². The number of nitrogens with zero attached hydrogens (tertiary/aromatic N) is 5. The molecule has 1 aliphatic heterocycles. The van der Waals surface area contributed by atoms with Crippen LogP contribution in [0.4, 0.5) is 5.82 Å². The van der Waals surface area contributed by atoms with Gasteiger partial charge in [-0.2, -0.15) is 5.10 Å². The molecule has 0 bridgehead atoms. The highest BCUT2D eigenvalue weighted by Gasteiger charge is 2.17. The lowest BCUT2D eigenvalue weighted by molar-refractivity contribution is 0.288. The lowest BCUT2D eigenvalue weighted by Crippen LogP contribution is -2.32. The Morgan fingerprint density at radius 1 is 1.10 bits per heavy atom. The summed E-state index contributed by atoms with van der Waals surface area (Å²) in [4.78, 5) is 9.51. The van der Waals surface area contributed by atoms with Gasteiger partial charge in [0.15, 0.2) is 5.82 Å². The number of hydrogen-bond acceptors (Lipinski definition) is 5. The van der Waals surface area contributed by atoms with Gasteiger partial charge in [-0.25, -0.2) is 9.50 Å². The van der Waals surface area contributed by atoms with E-state index in [4.69, 9.17) is 5.73 Å². The highest BCUT2D eigenvalue weighted by atomic mass is 15.3. The van der Waals surface area contributed by atoms with Crippen molar-refractivity contribution < 1.29 is 0 Å². The zero-order chi connectivity index (χ0) is 14.5. The van der Waals surface area contributed by atoms with Crippen molar-refractivity contribution in [3.8, 4) is 0 Å². The minimum absolute atomic E-state index is 0.799. The van der Waals surface area contributed by atoms with Gasteiger partial charge in [0.2, 0.25) is 0 Å². The second-order valence-electron chi connectivity index (χ2n) is 5.59. The summed E-state index contributed by atoms with van der Waals surface area (Å²) in [6.45, 7) is 6.32. The van der Waals surface area contributed by atoms with Gasteiger partial charge in [0.1, 0.15) is 5.52 Å². The molecule has 1 fully saturated rings. The van der Waals surface area contributed by atoms with E-state index in [1.807, 2.05) is 29.2 Å². The third-order valence-electron chi connectivity index (χ3n) is 4.12. The van der Waals surface area contributed by atoms with Crippen LogP contribution in [0.25, 0.3) is 5.52 Å². The molecule has 2 N–H and O–H groups in total. The van der Waals surface area contributed by atoms with Gasteiger partial charge >= 0.3 is 0 Å². The van der Waals surface area contributed by atoms with E-state index in [-0.39, 0.29) is 0 Å². The molecule has 1 aliphatic rings. The topological polar surface area (TPSA) is 62.7 Å². The molecule has 1 saturated heterocycles. The highest BCUT2D eigenvalue weighted by Crippen LogP contribution is 2.19. The monoisotopic (exact) mass is 288 g/mol. The number of anilines is 1. The lowest BCUT2D eigenvalue weighted by atomic mass is 10.3. The van der Waals surface area contributed by atoms with Crippen molar-refractivity contribution in [3.63, 3.8) is 0 Å². The standard InChI is InChI=1S/C15H24N6/c16-5-1-2-8-19-9-3-10-20(13-12-19)15-14-4-6-18-21(14)11-7-17-15/h4,6-7,11H,1-3,5,8-10,12-13,16H2. The van der Waals surface area contributed by atoms with Crippen molar-refractivity contribution in [2.75, 3.05) is 44.2 Å². The molecule has 0 aromatic carbocycles. The van der Waals surface area contributed by atoms with Crippen molar-refractivity contribution >= 4 is 11.3 Å². The molecule has 0 atom stereocenters. The molecular formula is C15H24N6. The summed E-state index contributed by atoms with van der Waals surface area (Å²) in [6, 6.07) is 2.03. The Bertz CT molecular complexity index is 566. The molecule has 0 saturated carbocycles. The molecule has 21 heavy (non-hydrogen) atoms. The van der Waals surface area contributed by atoms with E-state index in [0.717, 1.165) is 50.5 Å². The van der Waals surface area contributed by atoms with Gasteiger partial charge in [0, 0.05) is 32.0 Å². The van der Waals surface area contributed by atoms with Gasteiger partial charge in [0.25, 0.3) is 0 Å². The van der Waals surface area contributed by atoms with Crippen LogP contribution in [-0.4, -0.2) is 58.8 Å². The Hall–Kier alpha value is -1.66. The average Bonchev–Trinajstić information content (AvgIpc) is 2.87. The maximum Gasteiger partial charge on any atom is 0.154 e. The molecule has 0 aliphatic carbocycles. The van der Waals surface area contributed by atoms with E-state index in [1.54, 1.807) is 0 Å². The summed E-state index contributed by atoms with van der Waals surface area (Å²) in [6.07, 6.45) is 9.07. The van der Waals surface area contributed by atoms with Gasteiger partial charge in [0.05, 0.1) is 6.20 Å². The van der Waals surface area contributed by atoms with Crippen LogP contribution in [0, 0.1) is 0 Å². The molecule has 0 amide bonds. The third-order valence-corrected chi connectivity index (χ3v) is 4.12. The van der Waals surface area contributed by atoms with Gasteiger partial charge in [-0.3, -0.25) is 0 Å². The summed E-state index contributed by atoms with van der Waals surface area (Å²) >= 11 is 0. The fourth-order valence-electron chi connectivity index (χ4n) is 2.97. The van der Waals surface area contributed by atoms with Crippen LogP contribution in [0.2, 0.25) is 0 Å². The normalized spacial score (nSPS) is 17.3. The minimum Gasteiger partial charge on any atom is -0.353 e. The van der Waals surface area contributed by atoms with Crippen LogP contribution in [0.15, 0.2) is 24.7 Å². The first-order valence-electron chi connectivity index (χ1n) is 7.84. The van der Waals surface area contributed by atoms with Crippen molar-refractivity contribution in [2.45, 2.75) is 19.3 Å². The van der Waals surface area contributed by atoms with Crippen LogP contribution < -0.4 is 10.6 Å².